The van der Waals surface area contributed by atoms with Crippen molar-refractivity contribution in [3.05, 3.63) is 24.3 Å². The molecule has 2 rings (SSSR count). The summed E-state index contributed by atoms with van der Waals surface area (Å²) in [6, 6.07) is 0. The van der Waals surface area contributed by atoms with Crippen molar-refractivity contribution in [2.75, 3.05) is 0 Å². The van der Waals surface area contributed by atoms with Gasteiger partial charge in [-0.05, 0) is 19.8 Å². The highest BCUT2D eigenvalue weighted by atomic mass is 15.0. The van der Waals surface area contributed by atoms with Crippen LogP contribution in [0.5, 0.6) is 0 Å². The van der Waals surface area contributed by atoms with Crippen molar-refractivity contribution in [2.24, 2.45) is 0 Å². The van der Waals surface area contributed by atoms with Gasteiger partial charge in [0, 0.05) is 30.7 Å². The van der Waals surface area contributed by atoms with Gasteiger partial charge in [-0.3, -0.25) is 9.97 Å². The lowest BCUT2D eigenvalue weighted by molar-refractivity contribution is 0.251. The van der Waals surface area contributed by atoms with Crippen LogP contribution in [0.15, 0.2) is 18.6 Å². The molecule has 15 heavy (non-hydrogen) atoms. The van der Waals surface area contributed by atoms with E-state index in [1.807, 2.05) is 6.20 Å². The minimum absolute atomic E-state index is 0.315. The van der Waals surface area contributed by atoms with Crippen molar-refractivity contribution in [1.29, 1.82) is 0 Å². The third-order valence-electron chi connectivity index (χ3n) is 3.27. The van der Waals surface area contributed by atoms with Crippen molar-refractivity contribution < 1.29 is 0 Å². The van der Waals surface area contributed by atoms with Crippen molar-refractivity contribution >= 4 is 0 Å². The molecule has 82 valence electrons. The van der Waals surface area contributed by atoms with E-state index in [4.69, 9.17) is 0 Å². The smallest absolute Gasteiger partial charge is 0.0724 e. The Labute approximate surface area is 91.3 Å². The lowest BCUT2D eigenvalue weighted by atomic mass is 9.83. The predicted octanol–water partition coefficient (Wildman–Crippen LogP) is 2.29. The van der Waals surface area contributed by atoms with Crippen LogP contribution < -0.4 is 5.32 Å². The lowest BCUT2D eigenvalue weighted by Gasteiger charge is -2.34. The van der Waals surface area contributed by atoms with Crippen LogP contribution in [-0.2, 0) is 6.54 Å². The molecule has 1 aromatic heterocycles. The average molecular weight is 205 g/mol. The van der Waals surface area contributed by atoms with E-state index in [2.05, 4.69) is 22.2 Å². The van der Waals surface area contributed by atoms with E-state index < -0.39 is 0 Å². The molecular formula is C12H19N3. The topological polar surface area (TPSA) is 37.8 Å². The maximum absolute atomic E-state index is 4.27. The molecule has 0 spiro atoms. The fourth-order valence-corrected chi connectivity index (χ4v) is 2.23. The molecule has 0 bridgehead atoms. The zero-order valence-corrected chi connectivity index (χ0v) is 9.37. The Kier molecular flexibility index (Phi) is 3.31. The monoisotopic (exact) mass is 205 g/mol. The van der Waals surface area contributed by atoms with Crippen LogP contribution in [0.1, 0.15) is 44.7 Å². The summed E-state index contributed by atoms with van der Waals surface area (Å²) in [5.41, 5.74) is 1.35. The Hall–Kier alpha value is -0.960. The van der Waals surface area contributed by atoms with Gasteiger partial charge in [0.15, 0.2) is 0 Å². The first kappa shape index (κ1) is 10.6. The first-order valence-electron chi connectivity index (χ1n) is 5.78. The molecule has 0 radical (unpaired) electrons. The molecule has 3 heteroatoms. The number of hydrogen-bond acceptors (Lipinski definition) is 3. The fourth-order valence-electron chi connectivity index (χ4n) is 2.23. The van der Waals surface area contributed by atoms with Crippen molar-refractivity contribution in [3.63, 3.8) is 0 Å². The average Bonchev–Trinajstić information content (AvgIpc) is 2.29. The maximum atomic E-state index is 4.27. The van der Waals surface area contributed by atoms with Gasteiger partial charge in [0.25, 0.3) is 0 Å². The zero-order chi connectivity index (χ0) is 10.6. The Morgan fingerprint density at radius 2 is 2.07 bits per heavy atom. The minimum atomic E-state index is 0.315. The van der Waals surface area contributed by atoms with Gasteiger partial charge in [0.05, 0.1) is 5.69 Å². The Morgan fingerprint density at radius 3 is 2.73 bits per heavy atom. The maximum Gasteiger partial charge on any atom is 0.0724 e. The van der Waals surface area contributed by atoms with E-state index in [-0.39, 0.29) is 0 Å². The van der Waals surface area contributed by atoms with E-state index in [1.54, 1.807) is 12.4 Å². The normalized spacial score (nSPS) is 20.1. The second-order valence-corrected chi connectivity index (χ2v) is 4.67. The number of hydrogen-bond donors (Lipinski definition) is 1. The quantitative estimate of drug-likeness (QED) is 0.822. The summed E-state index contributed by atoms with van der Waals surface area (Å²) in [5.74, 6) is 0. The molecule has 1 heterocycles. The molecule has 0 atom stereocenters. The zero-order valence-electron chi connectivity index (χ0n) is 9.37. The molecule has 1 aromatic rings. The van der Waals surface area contributed by atoms with Gasteiger partial charge in [0.2, 0.25) is 0 Å². The Bertz CT molecular complexity index is 291. The molecule has 1 aliphatic rings. The summed E-state index contributed by atoms with van der Waals surface area (Å²) in [5, 5.41) is 3.61. The molecular weight excluding hydrogens is 186 g/mol. The van der Waals surface area contributed by atoms with Crippen LogP contribution >= 0.6 is 0 Å². The van der Waals surface area contributed by atoms with E-state index in [0.717, 1.165) is 12.2 Å². The highest BCUT2D eigenvalue weighted by Gasteiger charge is 2.25. The van der Waals surface area contributed by atoms with Gasteiger partial charge in [0.1, 0.15) is 0 Å². The highest BCUT2D eigenvalue weighted by molar-refractivity contribution is 4.96. The molecule has 3 nitrogen and oxygen atoms in total. The number of rotatable bonds is 3. The van der Waals surface area contributed by atoms with E-state index in [0.29, 0.717) is 5.54 Å². The third-order valence-corrected chi connectivity index (χ3v) is 3.27. The SMILES string of the molecule is CC1(NCc2cnccn2)CCCCC1. The standard InChI is InChI=1S/C12H19N3/c1-12(5-3-2-4-6-12)15-10-11-9-13-7-8-14-11/h7-9,15H,2-6,10H2,1H3. The van der Waals surface area contributed by atoms with Crippen molar-refractivity contribution in [3.8, 4) is 0 Å². The molecule has 1 fully saturated rings. The van der Waals surface area contributed by atoms with Crippen molar-refractivity contribution in [1.82, 2.24) is 15.3 Å². The van der Waals surface area contributed by atoms with Gasteiger partial charge < -0.3 is 5.32 Å². The van der Waals surface area contributed by atoms with Gasteiger partial charge in [-0.15, -0.1) is 0 Å². The fraction of sp³-hybridized carbons (Fsp3) is 0.667. The summed E-state index contributed by atoms with van der Waals surface area (Å²) < 4.78 is 0. The molecule has 0 unspecified atom stereocenters. The summed E-state index contributed by atoms with van der Waals surface area (Å²) in [7, 11) is 0. The summed E-state index contributed by atoms with van der Waals surface area (Å²) in [6.45, 7) is 3.16. The van der Waals surface area contributed by atoms with E-state index in [9.17, 15) is 0 Å². The molecule has 1 saturated carbocycles. The third kappa shape index (κ3) is 2.99. The van der Waals surface area contributed by atoms with Crippen LogP contribution in [0.25, 0.3) is 0 Å². The first-order chi connectivity index (χ1) is 7.29. The first-order valence-corrected chi connectivity index (χ1v) is 5.78. The Balaban J connectivity index is 1.87. The highest BCUT2D eigenvalue weighted by Crippen LogP contribution is 2.27. The summed E-state index contributed by atoms with van der Waals surface area (Å²) >= 11 is 0. The lowest BCUT2D eigenvalue weighted by Crippen LogP contribution is -2.43. The van der Waals surface area contributed by atoms with Gasteiger partial charge in [-0.2, -0.15) is 0 Å². The number of nitrogens with one attached hydrogen (secondary N) is 1. The number of aromatic nitrogens is 2. The Morgan fingerprint density at radius 1 is 1.27 bits per heavy atom. The van der Waals surface area contributed by atoms with Crippen LogP contribution in [-0.4, -0.2) is 15.5 Å². The van der Waals surface area contributed by atoms with Crippen molar-refractivity contribution in [2.45, 2.75) is 51.1 Å². The molecule has 0 aliphatic heterocycles. The van der Waals surface area contributed by atoms with Gasteiger partial charge in [-0.25, -0.2) is 0 Å². The molecule has 0 aromatic carbocycles. The van der Waals surface area contributed by atoms with Crippen LogP contribution in [0, 0.1) is 0 Å². The largest absolute Gasteiger partial charge is 0.306 e. The van der Waals surface area contributed by atoms with Crippen LogP contribution in [0.3, 0.4) is 0 Å². The molecule has 1 N–H and O–H groups in total. The van der Waals surface area contributed by atoms with Crippen LogP contribution in [0.2, 0.25) is 0 Å². The molecule has 1 aliphatic carbocycles. The second kappa shape index (κ2) is 4.71. The van der Waals surface area contributed by atoms with E-state index in [1.165, 1.54) is 32.1 Å². The van der Waals surface area contributed by atoms with Gasteiger partial charge in [-0.1, -0.05) is 19.3 Å². The minimum Gasteiger partial charge on any atom is -0.306 e. The molecule has 0 amide bonds. The predicted molar refractivity (Wildman–Crippen MR) is 60.4 cm³/mol. The van der Waals surface area contributed by atoms with E-state index >= 15 is 0 Å². The second-order valence-electron chi connectivity index (χ2n) is 4.67. The summed E-state index contributed by atoms with van der Waals surface area (Å²) in [6.07, 6.45) is 12.0. The van der Waals surface area contributed by atoms with Crippen LogP contribution in [0.4, 0.5) is 0 Å². The summed E-state index contributed by atoms with van der Waals surface area (Å²) in [4.78, 5) is 8.34. The van der Waals surface area contributed by atoms with Gasteiger partial charge >= 0.3 is 0 Å². The molecule has 0 saturated heterocycles. The number of nitrogens with zero attached hydrogens (tertiary/aromatic N) is 2.